The first-order valence-corrected chi connectivity index (χ1v) is 3.93. The summed E-state index contributed by atoms with van der Waals surface area (Å²) in [7, 11) is 1.52. The Morgan fingerprint density at radius 1 is 1.46 bits per heavy atom. The van der Waals surface area contributed by atoms with Gasteiger partial charge in [0.25, 0.3) is 0 Å². The first kappa shape index (κ1) is 11.5. The standard InChI is InChI=1S/C8H14N2O3/c1-6(7(11)12)4-3-5-10-8(13)9-2/h4H,3,5H2,1-2H3,(H,11,12)(H2,9,10,13). The fraction of sp³-hybridized carbons (Fsp3) is 0.500. The third-order valence-electron chi connectivity index (χ3n) is 1.44. The molecule has 74 valence electrons. The maximum absolute atomic E-state index is 10.6. The van der Waals surface area contributed by atoms with Gasteiger partial charge < -0.3 is 15.7 Å². The number of aliphatic carboxylic acids is 1. The molecule has 0 unspecified atom stereocenters. The molecule has 0 atom stereocenters. The lowest BCUT2D eigenvalue weighted by Crippen LogP contribution is -2.33. The van der Waals surface area contributed by atoms with E-state index in [-0.39, 0.29) is 6.03 Å². The lowest BCUT2D eigenvalue weighted by molar-refractivity contribution is -0.132. The largest absolute Gasteiger partial charge is 0.478 e. The number of amides is 2. The third-order valence-corrected chi connectivity index (χ3v) is 1.44. The number of urea groups is 1. The van der Waals surface area contributed by atoms with Crippen LogP contribution in [0.4, 0.5) is 4.79 Å². The van der Waals surface area contributed by atoms with E-state index in [0.29, 0.717) is 18.5 Å². The normalized spacial score (nSPS) is 10.8. The lowest BCUT2D eigenvalue weighted by Gasteiger charge is -2.01. The predicted molar refractivity (Wildman–Crippen MR) is 48.5 cm³/mol. The van der Waals surface area contributed by atoms with Gasteiger partial charge in [-0.05, 0) is 13.3 Å². The van der Waals surface area contributed by atoms with Crippen LogP contribution in [0, 0.1) is 0 Å². The minimum Gasteiger partial charge on any atom is -0.478 e. The maximum Gasteiger partial charge on any atom is 0.330 e. The molecule has 0 spiro atoms. The summed E-state index contributed by atoms with van der Waals surface area (Å²) in [5.41, 5.74) is 0.290. The van der Waals surface area contributed by atoms with Crippen molar-refractivity contribution in [1.82, 2.24) is 10.6 Å². The molecule has 5 heteroatoms. The highest BCUT2D eigenvalue weighted by molar-refractivity contribution is 5.85. The van der Waals surface area contributed by atoms with Crippen molar-refractivity contribution in [2.24, 2.45) is 0 Å². The molecule has 0 heterocycles. The van der Waals surface area contributed by atoms with Crippen molar-refractivity contribution in [2.45, 2.75) is 13.3 Å². The van der Waals surface area contributed by atoms with E-state index in [1.165, 1.54) is 14.0 Å². The lowest BCUT2D eigenvalue weighted by atomic mass is 10.2. The second-order valence-corrected chi connectivity index (χ2v) is 2.49. The quantitative estimate of drug-likeness (QED) is 0.437. The van der Waals surface area contributed by atoms with Gasteiger partial charge in [0, 0.05) is 19.2 Å². The second-order valence-electron chi connectivity index (χ2n) is 2.49. The average Bonchev–Trinajstić information content (AvgIpc) is 2.11. The Labute approximate surface area is 76.8 Å². The number of nitrogens with one attached hydrogen (secondary N) is 2. The Morgan fingerprint density at radius 2 is 2.08 bits per heavy atom. The van der Waals surface area contributed by atoms with E-state index in [4.69, 9.17) is 5.11 Å². The number of carbonyl (C=O) groups excluding carboxylic acids is 1. The number of carboxylic acids is 1. The summed E-state index contributed by atoms with van der Waals surface area (Å²) in [6.45, 7) is 1.95. The van der Waals surface area contributed by atoms with E-state index in [9.17, 15) is 9.59 Å². The van der Waals surface area contributed by atoms with Crippen LogP contribution in [0.5, 0.6) is 0 Å². The monoisotopic (exact) mass is 186 g/mol. The van der Waals surface area contributed by atoms with Crippen LogP contribution >= 0.6 is 0 Å². The molecule has 0 bridgehead atoms. The molecule has 0 aromatic carbocycles. The molecule has 0 radical (unpaired) electrons. The van der Waals surface area contributed by atoms with Gasteiger partial charge in [0.2, 0.25) is 0 Å². The van der Waals surface area contributed by atoms with Crippen LogP contribution in [0.1, 0.15) is 13.3 Å². The summed E-state index contributed by atoms with van der Waals surface area (Å²) in [5, 5.41) is 13.4. The fourth-order valence-electron chi connectivity index (χ4n) is 0.650. The van der Waals surface area contributed by atoms with Crippen LogP contribution in [0.15, 0.2) is 11.6 Å². The van der Waals surface area contributed by atoms with Gasteiger partial charge in [0.05, 0.1) is 0 Å². The van der Waals surface area contributed by atoms with Crippen LogP contribution in [0.3, 0.4) is 0 Å². The van der Waals surface area contributed by atoms with Crippen LogP contribution in [-0.4, -0.2) is 30.7 Å². The summed E-state index contributed by atoms with van der Waals surface area (Å²) in [6, 6.07) is -0.263. The molecule has 0 aliphatic rings. The molecule has 0 aliphatic heterocycles. The van der Waals surface area contributed by atoms with Gasteiger partial charge >= 0.3 is 12.0 Å². The Morgan fingerprint density at radius 3 is 2.54 bits per heavy atom. The number of carbonyl (C=O) groups is 2. The Kier molecular flexibility index (Phi) is 5.34. The smallest absolute Gasteiger partial charge is 0.330 e. The average molecular weight is 186 g/mol. The summed E-state index contributed by atoms with van der Waals surface area (Å²) in [6.07, 6.45) is 2.09. The van der Waals surface area contributed by atoms with Gasteiger partial charge in [-0.1, -0.05) is 6.08 Å². The number of hydrogen-bond donors (Lipinski definition) is 3. The van der Waals surface area contributed by atoms with Crippen molar-refractivity contribution < 1.29 is 14.7 Å². The highest BCUT2D eigenvalue weighted by atomic mass is 16.4. The van der Waals surface area contributed by atoms with E-state index in [0.717, 1.165) is 0 Å². The molecule has 5 nitrogen and oxygen atoms in total. The van der Waals surface area contributed by atoms with Crippen LogP contribution < -0.4 is 10.6 Å². The van der Waals surface area contributed by atoms with Crippen LogP contribution in [0.25, 0.3) is 0 Å². The molecule has 0 fully saturated rings. The Hall–Kier alpha value is -1.52. The van der Waals surface area contributed by atoms with Gasteiger partial charge in [0.1, 0.15) is 0 Å². The highest BCUT2D eigenvalue weighted by Crippen LogP contribution is 1.93. The highest BCUT2D eigenvalue weighted by Gasteiger charge is 1.98. The summed E-state index contributed by atoms with van der Waals surface area (Å²) in [5.74, 6) is -0.931. The fourth-order valence-corrected chi connectivity index (χ4v) is 0.650. The molecule has 13 heavy (non-hydrogen) atoms. The van der Waals surface area contributed by atoms with Crippen molar-refractivity contribution in [3.05, 3.63) is 11.6 Å². The SMILES string of the molecule is CNC(=O)NCCC=C(C)C(=O)O. The van der Waals surface area contributed by atoms with E-state index >= 15 is 0 Å². The van der Waals surface area contributed by atoms with Crippen LogP contribution in [-0.2, 0) is 4.79 Å². The third kappa shape index (κ3) is 5.72. The van der Waals surface area contributed by atoms with E-state index in [1.54, 1.807) is 6.08 Å². The van der Waals surface area contributed by atoms with Crippen LogP contribution in [0.2, 0.25) is 0 Å². The molecule has 0 saturated carbocycles. The van der Waals surface area contributed by atoms with Crippen molar-refractivity contribution in [3.63, 3.8) is 0 Å². The number of carboxylic acid groups (broad SMARTS) is 1. The summed E-state index contributed by atoms with van der Waals surface area (Å²) in [4.78, 5) is 20.9. The maximum atomic E-state index is 10.6. The first-order valence-electron chi connectivity index (χ1n) is 3.93. The van der Waals surface area contributed by atoms with Gasteiger partial charge in [0.15, 0.2) is 0 Å². The van der Waals surface area contributed by atoms with E-state index < -0.39 is 5.97 Å². The van der Waals surface area contributed by atoms with Crippen molar-refractivity contribution in [1.29, 1.82) is 0 Å². The van der Waals surface area contributed by atoms with Gasteiger partial charge in [-0.2, -0.15) is 0 Å². The summed E-state index contributed by atoms with van der Waals surface area (Å²) < 4.78 is 0. The molecule has 0 rings (SSSR count). The molecule has 0 aliphatic carbocycles. The van der Waals surface area contributed by atoms with Gasteiger partial charge in [-0.3, -0.25) is 0 Å². The Balaban J connectivity index is 3.61. The molecule has 2 amide bonds. The molecule has 0 aromatic rings. The van der Waals surface area contributed by atoms with Crippen molar-refractivity contribution in [3.8, 4) is 0 Å². The molecular formula is C8H14N2O3. The zero-order chi connectivity index (χ0) is 10.3. The van der Waals surface area contributed by atoms with Gasteiger partial charge in [-0.15, -0.1) is 0 Å². The van der Waals surface area contributed by atoms with Gasteiger partial charge in [-0.25, -0.2) is 9.59 Å². The molecule has 0 aromatic heterocycles. The minimum atomic E-state index is -0.931. The minimum absolute atomic E-state index is 0.263. The zero-order valence-corrected chi connectivity index (χ0v) is 7.76. The van der Waals surface area contributed by atoms with E-state index in [1.807, 2.05) is 0 Å². The second kappa shape index (κ2) is 6.05. The molecule has 3 N–H and O–H groups in total. The molecular weight excluding hydrogens is 172 g/mol. The predicted octanol–water partition coefficient (Wildman–Crippen LogP) is 0.336. The number of rotatable bonds is 4. The topological polar surface area (TPSA) is 78.4 Å². The van der Waals surface area contributed by atoms with Crippen molar-refractivity contribution >= 4 is 12.0 Å². The summed E-state index contributed by atoms with van der Waals surface area (Å²) >= 11 is 0. The van der Waals surface area contributed by atoms with Crippen molar-refractivity contribution in [2.75, 3.05) is 13.6 Å². The first-order chi connectivity index (χ1) is 6.07. The molecule has 0 saturated heterocycles. The Bertz CT molecular complexity index is 223. The van der Waals surface area contributed by atoms with E-state index in [2.05, 4.69) is 10.6 Å². The number of hydrogen-bond acceptors (Lipinski definition) is 2. The zero-order valence-electron chi connectivity index (χ0n) is 7.76.